The second kappa shape index (κ2) is 18.9. The summed E-state index contributed by atoms with van der Waals surface area (Å²) in [7, 11) is 0. The van der Waals surface area contributed by atoms with E-state index in [9.17, 15) is 25.2 Å². The molecule has 320 valence electrons. The number of hydrogen-bond donors (Lipinski definition) is 3. The van der Waals surface area contributed by atoms with Gasteiger partial charge in [-0.05, 0) is 90.7 Å². The second-order valence-corrected chi connectivity index (χ2v) is 15.0. The van der Waals surface area contributed by atoms with Gasteiger partial charge in [-0.1, -0.05) is 50.2 Å². The molecule has 0 spiro atoms. The minimum absolute atomic E-state index is 0. The summed E-state index contributed by atoms with van der Waals surface area (Å²) >= 11 is 12.1. The van der Waals surface area contributed by atoms with Gasteiger partial charge in [-0.3, -0.25) is 24.1 Å². The van der Waals surface area contributed by atoms with Gasteiger partial charge in [0.1, 0.15) is 18.0 Å². The van der Waals surface area contributed by atoms with Crippen molar-refractivity contribution in [3.05, 3.63) is 152 Å². The van der Waals surface area contributed by atoms with Crippen LogP contribution in [0.3, 0.4) is 0 Å². The number of carbonyl (C=O) groups is 2. The zero-order valence-corrected chi connectivity index (χ0v) is 34.3. The number of aromatic carboxylic acids is 1. The Bertz CT molecular complexity index is 3350. The van der Waals surface area contributed by atoms with E-state index in [1.54, 1.807) is 40.0 Å². The van der Waals surface area contributed by atoms with E-state index in [0.29, 0.717) is 45.4 Å². The Hall–Kier alpha value is -8.05. The molecule has 0 aliphatic rings. The van der Waals surface area contributed by atoms with Crippen LogP contribution >= 0.6 is 23.2 Å². The lowest BCUT2D eigenvalue weighted by molar-refractivity contribution is 0.0691. The molecular weight excluding hydrogens is 853 g/mol. The number of hydrogen-bond acceptors (Lipinski definition) is 12. The fourth-order valence-corrected chi connectivity index (χ4v) is 7.56. The average molecular weight is 893 g/mol. The van der Waals surface area contributed by atoms with Gasteiger partial charge in [0, 0.05) is 47.8 Å². The predicted molar refractivity (Wildman–Crippen MR) is 246 cm³/mol. The maximum absolute atomic E-state index is 13.3. The van der Waals surface area contributed by atoms with E-state index in [2.05, 4.69) is 46.5 Å². The van der Waals surface area contributed by atoms with Crippen molar-refractivity contribution in [2.24, 2.45) is 0 Å². The number of halogens is 2. The number of amides is 1. The van der Waals surface area contributed by atoms with E-state index in [1.807, 2.05) is 68.4 Å². The molecule has 0 fully saturated rings. The number of benzene rings is 2. The number of aromatic nitrogens is 9. The van der Waals surface area contributed by atoms with Crippen molar-refractivity contribution in [3.63, 3.8) is 0 Å². The molecule has 9 aromatic rings. The second-order valence-electron chi connectivity index (χ2n) is 14.1. The number of carboxylic acid groups (broad SMARTS) is 1. The van der Waals surface area contributed by atoms with Gasteiger partial charge in [0.25, 0.3) is 5.91 Å². The molecule has 64 heavy (non-hydrogen) atoms. The van der Waals surface area contributed by atoms with Crippen LogP contribution in [0.4, 0.5) is 5.82 Å². The number of nitrogens with one attached hydrogen (secondary N) is 1. The van der Waals surface area contributed by atoms with Crippen LogP contribution in [-0.2, 0) is 19.6 Å². The zero-order chi connectivity index (χ0) is 43.7. The molecule has 0 saturated heterocycles. The monoisotopic (exact) mass is 891 g/mol. The number of nitrogen functional groups attached to an aromatic ring is 1. The Morgan fingerprint density at radius 3 is 1.72 bits per heavy atom. The van der Waals surface area contributed by atoms with E-state index >= 15 is 0 Å². The van der Waals surface area contributed by atoms with Crippen molar-refractivity contribution < 1.29 is 14.7 Å². The Morgan fingerprint density at radius 1 is 0.734 bits per heavy atom. The van der Waals surface area contributed by atoms with Crippen LogP contribution in [0.25, 0.3) is 43.6 Å². The van der Waals surface area contributed by atoms with Crippen molar-refractivity contribution in [3.8, 4) is 12.1 Å². The van der Waals surface area contributed by atoms with Crippen molar-refractivity contribution in [2.75, 3.05) is 5.73 Å². The number of nitrogens with zero attached hydrogens (tertiary/aromatic N) is 11. The van der Waals surface area contributed by atoms with Crippen LogP contribution in [0.5, 0.6) is 0 Å². The maximum atomic E-state index is 13.3. The number of anilines is 1. The summed E-state index contributed by atoms with van der Waals surface area (Å²) in [5, 5.41) is 43.5. The van der Waals surface area contributed by atoms with Gasteiger partial charge in [-0.2, -0.15) is 20.7 Å². The first-order valence-electron chi connectivity index (χ1n) is 18.7. The third kappa shape index (κ3) is 9.10. The Morgan fingerprint density at radius 2 is 1.23 bits per heavy atom. The number of fused-ring (bicyclic) bond motifs is 4. The molecule has 0 aliphatic carbocycles. The molecule has 4 N–H and O–H groups in total. The Kier molecular flexibility index (Phi) is 13.4. The SMILES string of the molecule is C.C.Cc1cc(N)nc(C)c1CNC(=O)c1nn(Cc2ccc3ncc(Cl)cc3c2)c2ccnc(C#N)c12.N#Cc1nccc2c1c(C(=O)O)nn2Cc1ccc2ncc(Cl)cc2c1. The van der Waals surface area contributed by atoms with Crippen LogP contribution in [0.2, 0.25) is 10.0 Å². The number of aryl methyl sites for hydroxylation is 2. The highest BCUT2D eigenvalue weighted by atomic mass is 35.5. The van der Waals surface area contributed by atoms with Crippen molar-refractivity contribution in [2.45, 2.75) is 48.3 Å². The largest absolute Gasteiger partial charge is 0.476 e. The lowest BCUT2D eigenvalue weighted by Crippen LogP contribution is -2.25. The van der Waals surface area contributed by atoms with Gasteiger partial charge in [0.15, 0.2) is 22.8 Å². The molecule has 7 heterocycles. The molecule has 7 aromatic heterocycles. The average Bonchev–Trinajstić information content (AvgIpc) is 3.82. The summed E-state index contributed by atoms with van der Waals surface area (Å²) in [6, 6.07) is 24.3. The molecule has 18 heteroatoms. The standard InChI is InChI=1S/C26H21ClN8O.C18H10ClN5O2.2CH4/c1-14-7-23(29)33-15(2)19(14)12-32-26(36)25-24-21(10-28)30-6-5-22(24)35(34-25)13-16-3-4-20-17(8-16)9-18(27)11-31-20;19-12-6-11-5-10(1-2-13(11)22-8-12)9-24-15-3-4-21-14(7-20)16(15)17(23-24)18(25)26;;/h3-9,11H,12-13H2,1-2H3,(H2,29,33)(H,32,36);1-6,8H,9H2,(H,25,26);2*1H4. The number of pyridine rings is 5. The normalized spacial score (nSPS) is 10.7. The molecule has 1 amide bonds. The summed E-state index contributed by atoms with van der Waals surface area (Å²) in [5.74, 6) is -1.18. The van der Waals surface area contributed by atoms with Gasteiger partial charge in [0.05, 0.1) is 56.0 Å². The van der Waals surface area contributed by atoms with E-state index in [1.165, 1.54) is 12.4 Å². The smallest absolute Gasteiger partial charge is 0.357 e. The molecule has 0 aliphatic heterocycles. The minimum atomic E-state index is -1.20. The van der Waals surface area contributed by atoms with Gasteiger partial charge in [-0.25, -0.2) is 19.7 Å². The summed E-state index contributed by atoms with van der Waals surface area (Å²) in [4.78, 5) is 45.8. The predicted octanol–water partition coefficient (Wildman–Crippen LogP) is 8.60. The molecule has 16 nitrogen and oxygen atoms in total. The first-order chi connectivity index (χ1) is 29.9. The van der Waals surface area contributed by atoms with Gasteiger partial charge >= 0.3 is 5.97 Å². The quantitative estimate of drug-likeness (QED) is 0.130. The number of nitrogens with two attached hydrogens (primary N) is 1. The number of rotatable bonds is 8. The summed E-state index contributed by atoms with van der Waals surface area (Å²) < 4.78 is 3.26. The third-order valence-corrected chi connectivity index (χ3v) is 10.5. The highest BCUT2D eigenvalue weighted by Gasteiger charge is 2.23. The summed E-state index contributed by atoms with van der Waals surface area (Å²) in [6.45, 7) is 4.72. The first kappa shape index (κ1) is 45.5. The Balaban J connectivity index is 0.000000216. The summed E-state index contributed by atoms with van der Waals surface area (Å²) in [5.41, 5.74) is 13.2. The molecule has 0 atom stereocenters. The van der Waals surface area contributed by atoms with Gasteiger partial charge in [0.2, 0.25) is 0 Å². The molecule has 0 bridgehead atoms. The molecule has 9 rings (SSSR count). The van der Waals surface area contributed by atoms with Gasteiger partial charge in [-0.15, -0.1) is 0 Å². The lowest BCUT2D eigenvalue weighted by atomic mass is 10.1. The van der Waals surface area contributed by atoms with E-state index in [4.69, 9.17) is 28.9 Å². The highest BCUT2D eigenvalue weighted by molar-refractivity contribution is 6.31. The molecule has 0 unspecified atom stereocenters. The van der Waals surface area contributed by atoms with Crippen LogP contribution in [-0.4, -0.2) is 61.5 Å². The molecule has 0 radical (unpaired) electrons. The van der Waals surface area contributed by atoms with Crippen molar-refractivity contribution >= 4 is 84.5 Å². The van der Waals surface area contributed by atoms with E-state index in [0.717, 1.165) is 49.8 Å². The molecule has 2 aromatic carbocycles. The Labute approximate surface area is 376 Å². The number of carbonyl (C=O) groups excluding carboxylic acids is 1. The molecular formula is C46H39Cl2N13O3. The minimum Gasteiger partial charge on any atom is -0.476 e. The van der Waals surface area contributed by atoms with E-state index < -0.39 is 11.9 Å². The highest BCUT2D eigenvalue weighted by Crippen LogP contribution is 2.26. The number of nitriles is 2. The maximum Gasteiger partial charge on any atom is 0.357 e. The van der Waals surface area contributed by atoms with E-state index in [-0.39, 0.29) is 49.6 Å². The van der Waals surface area contributed by atoms with Crippen LogP contribution in [0.1, 0.15) is 75.2 Å². The fraction of sp³-hybridized carbons (Fsp3) is 0.152. The fourth-order valence-electron chi connectivity index (χ4n) is 7.23. The van der Waals surface area contributed by atoms with Crippen LogP contribution < -0.4 is 11.1 Å². The number of carboxylic acids is 1. The van der Waals surface area contributed by atoms with Crippen molar-refractivity contribution in [1.29, 1.82) is 10.5 Å². The third-order valence-electron chi connectivity index (χ3n) is 10.0. The van der Waals surface area contributed by atoms with Gasteiger partial charge < -0.3 is 16.2 Å². The van der Waals surface area contributed by atoms with Crippen LogP contribution in [0.15, 0.2) is 91.5 Å². The molecule has 0 saturated carbocycles. The topological polar surface area (TPSA) is 240 Å². The van der Waals surface area contributed by atoms with Crippen LogP contribution in [0, 0.1) is 36.5 Å². The van der Waals surface area contributed by atoms with Crippen molar-refractivity contribution in [1.82, 2.24) is 49.8 Å². The first-order valence-corrected chi connectivity index (χ1v) is 19.5. The lowest BCUT2D eigenvalue weighted by Gasteiger charge is -2.11. The summed E-state index contributed by atoms with van der Waals surface area (Å²) in [6.07, 6.45) is 6.20. The zero-order valence-electron chi connectivity index (χ0n) is 32.8.